The van der Waals surface area contributed by atoms with Crippen LogP contribution in [-0.2, 0) is 30.3 Å². The fourth-order valence-corrected chi connectivity index (χ4v) is 1.31. The maximum absolute atomic E-state index is 12.7. The van der Waals surface area contributed by atoms with Gasteiger partial charge in [-0.25, -0.2) is 14.0 Å². The molecule has 5 nitrogen and oxygen atoms in total. The van der Waals surface area contributed by atoms with Gasteiger partial charge in [0.2, 0.25) is 0 Å². The fourth-order valence-electron chi connectivity index (χ4n) is 1.31. The van der Waals surface area contributed by atoms with Gasteiger partial charge in [0.25, 0.3) is 0 Å². The van der Waals surface area contributed by atoms with Crippen LogP contribution < -0.4 is 0 Å². The Hall–Kier alpha value is -2.50. The third-order valence-electron chi connectivity index (χ3n) is 2.44. The standard InChI is InChI=1S/C15H15FO5/c1-9(2)14(18)20-10(3)15(19)21-13(17)8-11-4-6-12(16)7-5-11/h4-7,10H,1,8H2,2-3H3. The molecular formula is C15H15FO5. The van der Waals surface area contributed by atoms with Crippen molar-refractivity contribution in [2.75, 3.05) is 0 Å². The predicted molar refractivity (Wildman–Crippen MR) is 71.6 cm³/mol. The van der Waals surface area contributed by atoms with E-state index in [1.165, 1.54) is 38.1 Å². The molecule has 0 aromatic heterocycles. The van der Waals surface area contributed by atoms with Crippen LogP contribution >= 0.6 is 0 Å². The van der Waals surface area contributed by atoms with Gasteiger partial charge in [-0.1, -0.05) is 18.7 Å². The van der Waals surface area contributed by atoms with E-state index in [2.05, 4.69) is 11.3 Å². The Bertz CT molecular complexity index is 562. The first kappa shape index (κ1) is 16.6. The summed E-state index contributed by atoms with van der Waals surface area (Å²) < 4.78 is 22.0. The zero-order chi connectivity index (χ0) is 16.0. The Morgan fingerprint density at radius 3 is 2.33 bits per heavy atom. The fraction of sp³-hybridized carbons (Fsp3) is 0.267. The van der Waals surface area contributed by atoms with Gasteiger partial charge in [0.15, 0.2) is 6.10 Å². The summed E-state index contributed by atoms with van der Waals surface area (Å²) in [5, 5.41) is 0. The third-order valence-corrected chi connectivity index (χ3v) is 2.44. The van der Waals surface area contributed by atoms with Crippen LogP contribution in [0, 0.1) is 5.82 Å². The van der Waals surface area contributed by atoms with Crippen LogP contribution in [0.2, 0.25) is 0 Å². The lowest BCUT2D eigenvalue weighted by atomic mass is 10.1. The Morgan fingerprint density at radius 1 is 1.24 bits per heavy atom. The minimum atomic E-state index is -1.22. The van der Waals surface area contributed by atoms with E-state index in [-0.39, 0.29) is 12.0 Å². The summed E-state index contributed by atoms with van der Waals surface area (Å²) in [5.41, 5.74) is 0.632. The van der Waals surface area contributed by atoms with E-state index in [0.29, 0.717) is 5.56 Å². The van der Waals surface area contributed by atoms with Crippen molar-refractivity contribution in [1.82, 2.24) is 0 Å². The lowest BCUT2D eigenvalue weighted by Crippen LogP contribution is -2.29. The summed E-state index contributed by atoms with van der Waals surface area (Å²) in [6, 6.07) is 5.21. The molecule has 0 saturated carbocycles. The second-order valence-electron chi connectivity index (χ2n) is 4.42. The van der Waals surface area contributed by atoms with E-state index >= 15 is 0 Å². The lowest BCUT2D eigenvalue weighted by Gasteiger charge is -2.11. The molecule has 0 spiro atoms. The van der Waals surface area contributed by atoms with Crippen molar-refractivity contribution in [1.29, 1.82) is 0 Å². The largest absolute Gasteiger partial charge is 0.447 e. The van der Waals surface area contributed by atoms with Crippen molar-refractivity contribution in [2.24, 2.45) is 0 Å². The van der Waals surface area contributed by atoms with Crippen LogP contribution in [0.5, 0.6) is 0 Å². The zero-order valence-corrected chi connectivity index (χ0v) is 11.7. The molecule has 0 aliphatic rings. The maximum Gasteiger partial charge on any atom is 0.354 e. The van der Waals surface area contributed by atoms with Gasteiger partial charge in [-0.2, -0.15) is 0 Å². The van der Waals surface area contributed by atoms with Crippen molar-refractivity contribution in [3.8, 4) is 0 Å². The second-order valence-corrected chi connectivity index (χ2v) is 4.42. The topological polar surface area (TPSA) is 69.7 Å². The molecule has 1 aromatic rings. The molecule has 0 saturated heterocycles. The Kier molecular flexibility index (Phi) is 5.78. The highest BCUT2D eigenvalue weighted by Crippen LogP contribution is 2.06. The Morgan fingerprint density at radius 2 is 1.81 bits per heavy atom. The molecule has 0 fully saturated rings. The molecule has 1 unspecified atom stereocenters. The van der Waals surface area contributed by atoms with Crippen molar-refractivity contribution in [2.45, 2.75) is 26.4 Å². The van der Waals surface area contributed by atoms with E-state index in [1.807, 2.05) is 0 Å². The van der Waals surface area contributed by atoms with E-state index in [9.17, 15) is 18.8 Å². The van der Waals surface area contributed by atoms with Gasteiger partial charge in [-0.3, -0.25) is 4.79 Å². The minimum Gasteiger partial charge on any atom is -0.447 e. The summed E-state index contributed by atoms with van der Waals surface area (Å²) in [5.74, 6) is -2.96. The summed E-state index contributed by atoms with van der Waals surface area (Å²) in [4.78, 5) is 34.3. The van der Waals surface area contributed by atoms with Crippen molar-refractivity contribution >= 4 is 17.9 Å². The number of rotatable bonds is 5. The van der Waals surface area contributed by atoms with Crippen LogP contribution in [0.25, 0.3) is 0 Å². The smallest absolute Gasteiger partial charge is 0.354 e. The van der Waals surface area contributed by atoms with Crippen molar-refractivity contribution in [3.63, 3.8) is 0 Å². The molecule has 0 amide bonds. The van der Waals surface area contributed by atoms with Crippen LogP contribution in [-0.4, -0.2) is 24.0 Å². The molecule has 21 heavy (non-hydrogen) atoms. The average molecular weight is 294 g/mol. The molecule has 112 valence electrons. The van der Waals surface area contributed by atoms with Crippen LogP contribution in [0.4, 0.5) is 4.39 Å². The molecule has 1 rings (SSSR count). The van der Waals surface area contributed by atoms with Gasteiger partial charge in [0.05, 0.1) is 6.42 Å². The van der Waals surface area contributed by atoms with Gasteiger partial charge in [-0.15, -0.1) is 0 Å². The summed E-state index contributed by atoms with van der Waals surface area (Å²) >= 11 is 0. The molecule has 0 bridgehead atoms. The first-order chi connectivity index (χ1) is 9.79. The van der Waals surface area contributed by atoms with Crippen LogP contribution in [0.15, 0.2) is 36.4 Å². The number of carbonyl (C=O) groups excluding carboxylic acids is 3. The van der Waals surface area contributed by atoms with Gasteiger partial charge in [0.1, 0.15) is 5.82 Å². The van der Waals surface area contributed by atoms with E-state index in [4.69, 9.17) is 4.74 Å². The number of hydrogen-bond acceptors (Lipinski definition) is 5. The predicted octanol–water partition coefficient (Wildman–Crippen LogP) is 1.95. The molecule has 6 heteroatoms. The monoisotopic (exact) mass is 294 g/mol. The van der Waals surface area contributed by atoms with Gasteiger partial charge >= 0.3 is 17.9 Å². The number of halogens is 1. The quantitative estimate of drug-likeness (QED) is 0.471. The number of benzene rings is 1. The highest BCUT2D eigenvalue weighted by molar-refractivity contribution is 5.92. The lowest BCUT2D eigenvalue weighted by molar-refractivity contribution is -0.171. The molecule has 1 atom stereocenters. The molecule has 0 N–H and O–H groups in total. The van der Waals surface area contributed by atoms with E-state index in [1.54, 1.807) is 0 Å². The number of esters is 3. The first-order valence-electron chi connectivity index (χ1n) is 6.15. The number of carbonyl (C=O) groups is 3. The van der Waals surface area contributed by atoms with Gasteiger partial charge in [0, 0.05) is 5.57 Å². The summed E-state index contributed by atoms with van der Waals surface area (Å²) in [6.07, 6.45) is -1.40. The van der Waals surface area contributed by atoms with Crippen LogP contribution in [0.3, 0.4) is 0 Å². The Balaban J connectivity index is 2.50. The maximum atomic E-state index is 12.7. The summed E-state index contributed by atoms with van der Waals surface area (Å²) in [7, 11) is 0. The van der Waals surface area contributed by atoms with Crippen molar-refractivity contribution < 1.29 is 28.2 Å². The molecule has 0 radical (unpaired) electrons. The SMILES string of the molecule is C=C(C)C(=O)OC(C)C(=O)OC(=O)Cc1ccc(F)cc1. The normalized spacial score (nSPS) is 11.4. The molecule has 0 aliphatic heterocycles. The first-order valence-corrected chi connectivity index (χ1v) is 6.15. The van der Waals surface area contributed by atoms with Crippen molar-refractivity contribution in [3.05, 3.63) is 47.8 Å². The number of hydrogen-bond donors (Lipinski definition) is 0. The van der Waals surface area contributed by atoms with E-state index < -0.39 is 29.8 Å². The highest BCUT2D eigenvalue weighted by atomic mass is 19.1. The van der Waals surface area contributed by atoms with Crippen LogP contribution in [0.1, 0.15) is 19.4 Å². The summed E-state index contributed by atoms with van der Waals surface area (Å²) in [6.45, 7) is 6.08. The number of ether oxygens (including phenoxy) is 2. The van der Waals surface area contributed by atoms with Gasteiger partial charge < -0.3 is 9.47 Å². The average Bonchev–Trinajstić information content (AvgIpc) is 2.40. The highest BCUT2D eigenvalue weighted by Gasteiger charge is 2.22. The minimum absolute atomic E-state index is 0.132. The zero-order valence-electron chi connectivity index (χ0n) is 11.7. The molecule has 0 heterocycles. The second kappa shape index (κ2) is 7.33. The molecule has 0 aliphatic carbocycles. The molecule has 1 aromatic carbocycles. The third kappa shape index (κ3) is 5.56. The molecular weight excluding hydrogens is 279 g/mol. The van der Waals surface area contributed by atoms with Gasteiger partial charge in [-0.05, 0) is 31.5 Å². The van der Waals surface area contributed by atoms with E-state index in [0.717, 1.165) is 0 Å². The Labute approximate surface area is 121 Å².